The number of benzene rings is 1. The summed E-state index contributed by atoms with van der Waals surface area (Å²) in [5, 5.41) is 0. The summed E-state index contributed by atoms with van der Waals surface area (Å²) in [7, 11) is -3.88. The summed E-state index contributed by atoms with van der Waals surface area (Å²) in [4.78, 5) is 8.52. The number of hydrogen-bond donors (Lipinski definition) is 0. The van der Waals surface area contributed by atoms with Gasteiger partial charge in [-0.3, -0.25) is 0 Å². The Hall–Kier alpha value is -1.95. The first-order valence-electron chi connectivity index (χ1n) is 6.64. The van der Waals surface area contributed by atoms with Gasteiger partial charge in [0, 0.05) is 17.7 Å². The largest absolute Gasteiger partial charge is 0.358 e. The van der Waals surface area contributed by atoms with Crippen LogP contribution in [0.2, 0.25) is 0 Å². The minimum Gasteiger partial charge on any atom is -0.358 e. The molecule has 1 heterocycles. The van der Waals surface area contributed by atoms with Gasteiger partial charge in [-0.2, -0.15) is 13.4 Å². The molecule has 0 aliphatic carbocycles. The zero-order chi connectivity index (χ0) is 15.6. The summed E-state index contributed by atoms with van der Waals surface area (Å²) in [5.74, 6) is 0.699. The highest BCUT2D eigenvalue weighted by atomic mass is 32.2. The molecule has 5 nitrogen and oxygen atoms in total. The molecule has 0 spiro atoms. The fourth-order valence-electron chi connectivity index (χ4n) is 1.73. The van der Waals surface area contributed by atoms with E-state index in [9.17, 15) is 8.42 Å². The highest BCUT2D eigenvalue weighted by Crippen LogP contribution is 2.20. The molecule has 0 amide bonds. The monoisotopic (exact) mass is 306 g/mol. The lowest BCUT2D eigenvalue weighted by molar-refractivity contribution is 0.472. The van der Waals surface area contributed by atoms with Crippen molar-refractivity contribution in [2.45, 2.75) is 38.5 Å². The molecular weight excluding hydrogens is 288 g/mol. The molecule has 0 aliphatic rings. The van der Waals surface area contributed by atoms with E-state index in [4.69, 9.17) is 4.18 Å². The molecule has 0 fully saturated rings. The molecule has 0 atom stereocenters. The van der Waals surface area contributed by atoms with Gasteiger partial charge in [-0.25, -0.2) is 4.98 Å². The van der Waals surface area contributed by atoms with E-state index in [-0.39, 0.29) is 16.7 Å². The Morgan fingerprint density at radius 1 is 1.05 bits per heavy atom. The Labute approximate surface area is 125 Å². The van der Waals surface area contributed by atoms with Gasteiger partial charge in [-0.1, -0.05) is 31.5 Å². The molecule has 1 aromatic heterocycles. The third kappa shape index (κ3) is 3.78. The van der Waals surface area contributed by atoms with Gasteiger partial charge in [0.15, 0.2) is 0 Å². The van der Waals surface area contributed by atoms with Crippen molar-refractivity contribution in [2.75, 3.05) is 0 Å². The van der Waals surface area contributed by atoms with Crippen molar-refractivity contribution in [3.8, 4) is 5.88 Å². The molecule has 1 aromatic carbocycles. The van der Waals surface area contributed by atoms with E-state index in [0.29, 0.717) is 11.5 Å². The third-order valence-electron chi connectivity index (χ3n) is 2.87. The zero-order valence-corrected chi connectivity index (χ0v) is 13.3. The summed E-state index contributed by atoms with van der Waals surface area (Å²) in [6, 6.07) is 7.99. The molecule has 2 aromatic rings. The number of rotatable bonds is 4. The van der Waals surface area contributed by atoms with Crippen LogP contribution in [0.5, 0.6) is 5.88 Å². The Balaban J connectivity index is 2.34. The van der Waals surface area contributed by atoms with Gasteiger partial charge >= 0.3 is 10.1 Å². The van der Waals surface area contributed by atoms with Crippen LogP contribution in [0.4, 0.5) is 0 Å². The van der Waals surface area contributed by atoms with Crippen LogP contribution < -0.4 is 4.18 Å². The molecule has 6 heteroatoms. The molecular formula is C15H18N2O3S. The average molecular weight is 306 g/mol. The third-order valence-corrected chi connectivity index (χ3v) is 4.11. The summed E-state index contributed by atoms with van der Waals surface area (Å²) >= 11 is 0. The van der Waals surface area contributed by atoms with Crippen molar-refractivity contribution in [2.24, 2.45) is 0 Å². The molecule has 0 aliphatic heterocycles. The van der Waals surface area contributed by atoms with Crippen molar-refractivity contribution in [1.29, 1.82) is 0 Å². The Bertz CT molecular complexity index is 738. The van der Waals surface area contributed by atoms with Gasteiger partial charge in [0.05, 0.1) is 0 Å². The van der Waals surface area contributed by atoms with Crippen molar-refractivity contribution < 1.29 is 12.6 Å². The van der Waals surface area contributed by atoms with Gasteiger partial charge in [-0.05, 0) is 26.0 Å². The normalized spacial score (nSPS) is 11.7. The van der Waals surface area contributed by atoms with Crippen molar-refractivity contribution >= 4 is 10.1 Å². The van der Waals surface area contributed by atoms with E-state index in [1.165, 1.54) is 18.2 Å². The average Bonchev–Trinajstić information content (AvgIpc) is 2.37. The quantitative estimate of drug-likeness (QED) is 0.812. The van der Waals surface area contributed by atoms with Gasteiger partial charge in [0.25, 0.3) is 0 Å². The highest BCUT2D eigenvalue weighted by Gasteiger charge is 2.18. The maximum Gasteiger partial charge on any atom is 0.340 e. The smallest absolute Gasteiger partial charge is 0.340 e. The molecule has 2 rings (SSSR count). The van der Waals surface area contributed by atoms with Crippen molar-refractivity contribution in [3.05, 3.63) is 47.4 Å². The standard InChI is InChI=1S/C15H18N2O3S/c1-10(2)15-16-12(4)9-14(17-15)20-21(18,19)13-7-5-11(3)6-8-13/h5-10H,1-4H3. The first kappa shape index (κ1) is 15.4. The molecule has 112 valence electrons. The Morgan fingerprint density at radius 2 is 1.67 bits per heavy atom. The van der Waals surface area contributed by atoms with E-state index < -0.39 is 10.1 Å². The lowest BCUT2D eigenvalue weighted by Crippen LogP contribution is -2.12. The van der Waals surface area contributed by atoms with Crippen LogP contribution >= 0.6 is 0 Å². The van der Waals surface area contributed by atoms with Gasteiger partial charge in [0.1, 0.15) is 10.7 Å². The van der Waals surface area contributed by atoms with Gasteiger partial charge < -0.3 is 4.18 Å². The number of aryl methyl sites for hydroxylation is 2. The molecule has 21 heavy (non-hydrogen) atoms. The first-order chi connectivity index (χ1) is 9.78. The second-order valence-electron chi connectivity index (χ2n) is 5.21. The number of aromatic nitrogens is 2. The van der Waals surface area contributed by atoms with Crippen LogP contribution in [-0.2, 0) is 10.1 Å². The fraction of sp³-hybridized carbons (Fsp3) is 0.333. The van der Waals surface area contributed by atoms with E-state index in [0.717, 1.165) is 5.56 Å². The van der Waals surface area contributed by atoms with Crippen LogP contribution in [0, 0.1) is 13.8 Å². The molecule has 0 saturated carbocycles. The molecule has 0 saturated heterocycles. The Morgan fingerprint density at radius 3 is 2.24 bits per heavy atom. The number of nitrogens with zero attached hydrogens (tertiary/aromatic N) is 2. The predicted molar refractivity (Wildman–Crippen MR) is 79.9 cm³/mol. The topological polar surface area (TPSA) is 69.2 Å². The van der Waals surface area contributed by atoms with Crippen LogP contribution in [-0.4, -0.2) is 18.4 Å². The highest BCUT2D eigenvalue weighted by molar-refractivity contribution is 7.87. The van der Waals surface area contributed by atoms with E-state index >= 15 is 0 Å². The van der Waals surface area contributed by atoms with E-state index in [2.05, 4.69) is 9.97 Å². The summed E-state index contributed by atoms with van der Waals surface area (Å²) in [5.41, 5.74) is 1.65. The summed E-state index contributed by atoms with van der Waals surface area (Å²) in [6.07, 6.45) is 0. The predicted octanol–water partition coefficient (Wildman–Crippen LogP) is 2.98. The fourth-order valence-corrected chi connectivity index (χ4v) is 2.60. The molecule has 0 radical (unpaired) electrons. The SMILES string of the molecule is Cc1ccc(S(=O)(=O)Oc2cc(C)nc(C(C)C)n2)cc1. The number of hydrogen-bond acceptors (Lipinski definition) is 5. The molecule has 0 unspecified atom stereocenters. The summed E-state index contributed by atoms with van der Waals surface area (Å²) < 4.78 is 29.6. The maximum atomic E-state index is 12.2. The van der Waals surface area contributed by atoms with Crippen LogP contribution in [0.25, 0.3) is 0 Å². The second-order valence-corrected chi connectivity index (χ2v) is 6.76. The first-order valence-corrected chi connectivity index (χ1v) is 8.05. The minimum absolute atomic E-state index is 0.0479. The maximum absolute atomic E-state index is 12.2. The lowest BCUT2D eigenvalue weighted by Gasteiger charge is -2.10. The lowest BCUT2D eigenvalue weighted by atomic mass is 10.2. The van der Waals surface area contributed by atoms with Crippen LogP contribution in [0.15, 0.2) is 35.2 Å². The Kier molecular flexibility index (Phi) is 4.27. The van der Waals surface area contributed by atoms with Crippen LogP contribution in [0.1, 0.15) is 36.8 Å². The van der Waals surface area contributed by atoms with Crippen LogP contribution in [0.3, 0.4) is 0 Å². The molecule has 0 N–H and O–H groups in total. The van der Waals surface area contributed by atoms with Gasteiger partial charge in [0.2, 0.25) is 5.88 Å². The zero-order valence-electron chi connectivity index (χ0n) is 12.5. The van der Waals surface area contributed by atoms with Crippen molar-refractivity contribution in [1.82, 2.24) is 9.97 Å². The van der Waals surface area contributed by atoms with Gasteiger partial charge in [-0.15, -0.1) is 0 Å². The second kappa shape index (κ2) is 5.81. The minimum atomic E-state index is -3.88. The molecule has 0 bridgehead atoms. The van der Waals surface area contributed by atoms with Crippen molar-refractivity contribution in [3.63, 3.8) is 0 Å². The van der Waals surface area contributed by atoms with E-state index in [1.54, 1.807) is 19.1 Å². The summed E-state index contributed by atoms with van der Waals surface area (Å²) in [6.45, 7) is 7.54. The van der Waals surface area contributed by atoms with E-state index in [1.807, 2.05) is 20.8 Å².